The Kier molecular flexibility index (Phi) is 7.13. The van der Waals surface area contributed by atoms with Crippen LogP contribution in [-0.4, -0.2) is 30.0 Å². The van der Waals surface area contributed by atoms with E-state index in [1.165, 1.54) is 12.3 Å². The number of aromatic nitrogens is 1. The topological polar surface area (TPSA) is 81.4 Å². The maximum atomic E-state index is 13.7. The summed E-state index contributed by atoms with van der Waals surface area (Å²) in [6, 6.07) is 6.27. The highest BCUT2D eigenvalue weighted by molar-refractivity contribution is 5.76. The molecule has 1 N–H and O–H groups in total. The fourth-order valence-electron chi connectivity index (χ4n) is 2.21. The first-order chi connectivity index (χ1) is 12.1. The fourth-order valence-corrected chi connectivity index (χ4v) is 2.21. The van der Waals surface area contributed by atoms with Gasteiger partial charge in [0.15, 0.2) is 11.7 Å². The number of carbonyl (C=O) groups is 2. The van der Waals surface area contributed by atoms with Gasteiger partial charge in [-0.2, -0.15) is 0 Å². The molecule has 25 heavy (non-hydrogen) atoms. The molecule has 1 aromatic heterocycles. The summed E-state index contributed by atoms with van der Waals surface area (Å²) in [6.07, 6.45) is 2.78. The van der Waals surface area contributed by atoms with Crippen molar-refractivity contribution >= 4 is 11.9 Å². The zero-order valence-electron chi connectivity index (χ0n) is 14.1. The van der Waals surface area contributed by atoms with E-state index in [-0.39, 0.29) is 30.5 Å². The van der Waals surface area contributed by atoms with Gasteiger partial charge >= 0.3 is 5.97 Å². The summed E-state index contributed by atoms with van der Waals surface area (Å²) in [5, 5.41) is 2.72. The van der Waals surface area contributed by atoms with Crippen LogP contribution in [0.5, 0.6) is 0 Å². The molecule has 1 aromatic carbocycles. The Hall–Kier alpha value is -2.70. The van der Waals surface area contributed by atoms with Gasteiger partial charge in [-0.1, -0.05) is 12.1 Å². The van der Waals surface area contributed by atoms with Crippen LogP contribution in [0.2, 0.25) is 0 Å². The lowest BCUT2D eigenvalue weighted by Gasteiger charge is -2.04. The number of rotatable bonds is 9. The lowest BCUT2D eigenvalue weighted by molar-refractivity contribution is -0.143. The molecule has 0 aliphatic carbocycles. The molecule has 6 nitrogen and oxygen atoms in total. The number of carbonyl (C=O) groups excluding carboxylic acids is 2. The molecule has 1 amide bonds. The lowest BCUT2D eigenvalue weighted by atomic mass is 10.2. The number of halogens is 1. The molecule has 2 aromatic rings. The van der Waals surface area contributed by atoms with Crippen LogP contribution < -0.4 is 5.32 Å². The van der Waals surface area contributed by atoms with Crippen molar-refractivity contribution in [3.63, 3.8) is 0 Å². The zero-order valence-corrected chi connectivity index (χ0v) is 14.1. The van der Waals surface area contributed by atoms with Crippen molar-refractivity contribution < 1.29 is 23.1 Å². The Labute approximate surface area is 145 Å². The molecule has 0 saturated carbocycles. The molecule has 0 aliphatic rings. The number of ether oxygens (including phenoxy) is 1. The maximum absolute atomic E-state index is 13.7. The average molecular weight is 348 g/mol. The minimum Gasteiger partial charge on any atom is -0.466 e. The number of nitrogens with zero attached hydrogens (tertiary/aromatic N) is 1. The average Bonchev–Trinajstić information content (AvgIpc) is 3.06. The molecule has 0 unspecified atom stereocenters. The standard InChI is InChI=1S/C18H21FN2O4/c1-2-24-18(23)8-5-11-20-16(22)9-10-17-21-12-15(25-17)13-6-3-4-7-14(13)19/h3-4,6-7,12H,2,5,8-11H2,1H3,(H,20,22). The van der Waals surface area contributed by atoms with Crippen LogP contribution in [0.25, 0.3) is 11.3 Å². The van der Waals surface area contributed by atoms with Crippen LogP contribution in [0.1, 0.15) is 32.1 Å². The Morgan fingerprint density at radius 2 is 2.08 bits per heavy atom. The van der Waals surface area contributed by atoms with Crippen molar-refractivity contribution in [1.82, 2.24) is 10.3 Å². The molecule has 0 bridgehead atoms. The van der Waals surface area contributed by atoms with Crippen LogP contribution >= 0.6 is 0 Å². The third kappa shape index (κ3) is 6.02. The second-order valence-corrected chi connectivity index (χ2v) is 5.36. The molecule has 0 aliphatic heterocycles. The maximum Gasteiger partial charge on any atom is 0.305 e. The molecule has 1 heterocycles. The van der Waals surface area contributed by atoms with Crippen molar-refractivity contribution in [2.45, 2.75) is 32.6 Å². The molecule has 0 radical (unpaired) electrons. The van der Waals surface area contributed by atoms with Gasteiger partial charge in [0.2, 0.25) is 5.91 Å². The largest absolute Gasteiger partial charge is 0.466 e. The number of aryl methyl sites for hydroxylation is 1. The normalized spacial score (nSPS) is 10.5. The number of oxazole rings is 1. The van der Waals surface area contributed by atoms with E-state index >= 15 is 0 Å². The second-order valence-electron chi connectivity index (χ2n) is 5.36. The molecule has 0 saturated heterocycles. The first-order valence-electron chi connectivity index (χ1n) is 8.22. The van der Waals surface area contributed by atoms with E-state index in [0.29, 0.717) is 43.2 Å². The van der Waals surface area contributed by atoms with Crippen LogP contribution in [0.15, 0.2) is 34.9 Å². The minimum absolute atomic E-state index is 0.158. The SMILES string of the molecule is CCOC(=O)CCCNC(=O)CCc1ncc(-c2ccccc2F)o1. The van der Waals surface area contributed by atoms with E-state index in [0.717, 1.165) is 0 Å². The molecule has 0 atom stereocenters. The van der Waals surface area contributed by atoms with Crippen LogP contribution in [0.4, 0.5) is 4.39 Å². The second kappa shape index (κ2) is 9.56. The number of hydrogen-bond acceptors (Lipinski definition) is 5. The third-order valence-electron chi connectivity index (χ3n) is 3.44. The van der Waals surface area contributed by atoms with Gasteiger partial charge in [0.25, 0.3) is 0 Å². The highest BCUT2D eigenvalue weighted by Crippen LogP contribution is 2.23. The lowest BCUT2D eigenvalue weighted by Crippen LogP contribution is -2.25. The number of benzene rings is 1. The summed E-state index contributed by atoms with van der Waals surface area (Å²) in [6.45, 7) is 2.51. The monoisotopic (exact) mass is 348 g/mol. The highest BCUT2D eigenvalue weighted by Gasteiger charge is 2.11. The van der Waals surface area contributed by atoms with E-state index in [9.17, 15) is 14.0 Å². The van der Waals surface area contributed by atoms with Crippen molar-refractivity contribution in [1.29, 1.82) is 0 Å². The summed E-state index contributed by atoms with van der Waals surface area (Å²) in [5.74, 6) is -0.0980. The van der Waals surface area contributed by atoms with E-state index in [1.54, 1.807) is 25.1 Å². The Balaban J connectivity index is 1.72. The highest BCUT2D eigenvalue weighted by atomic mass is 19.1. The van der Waals surface area contributed by atoms with Crippen molar-refractivity contribution in [3.8, 4) is 11.3 Å². The van der Waals surface area contributed by atoms with Crippen LogP contribution in [0.3, 0.4) is 0 Å². The Bertz CT molecular complexity index is 715. The van der Waals surface area contributed by atoms with Crippen molar-refractivity contribution in [3.05, 3.63) is 42.2 Å². The fraction of sp³-hybridized carbons (Fsp3) is 0.389. The summed E-state index contributed by atoms with van der Waals surface area (Å²) >= 11 is 0. The van der Waals surface area contributed by atoms with E-state index in [4.69, 9.17) is 9.15 Å². The van der Waals surface area contributed by atoms with Gasteiger partial charge in [0.05, 0.1) is 18.4 Å². The first kappa shape index (κ1) is 18.6. The smallest absolute Gasteiger partial charge is 0.305 e. The van der Waals surface area contributed by atoms with Crippen LogP contribution in [0, 0.1) is 5.82 Å². The number of esters is 1. The summed E-state index contributed by atoms with van der Waals surface area (Å²) in [4.78, 5) is 27.0. The molecule has 0 fully saturated rings. The first-order valence-corrected chi connectivity index (χ1v) is 8.22. The molecule has 0 spiro atoms. The van der Waals surface area contributed by atoms with Gasteiger partial charge in [-0.15, -0.1) is 0 Å². The molecular weight excluding hydrogens is 327 g/mol. The van der Waals surface area contributed by atoms with Gasteiger partial charge in [0, 0.05) is 25.8 Å². The van der Waals surface area contributed by atoms with Gasteiger partial charge in [-0.3, -0.25) is 9.59 Å². The summed E-state index contributed by atoms with van der Waals surface area (Å²) < 4.78 is 24.0. The quantitative estimate of drug-likeness (QED) is 0.557. The van der Waals surface area contributed by atoms with E-state index in [1.807, 2.05) is 0 Å². The van der Waals surface area contributed by atoms with Gasteiger partial charge in [-0.05, 0) is 25.5 Å². The zero-order chi connectivity index (χ0) is 18.1. The predicted molar refractivity (Wildman–Crippen MR) is 89.1 cm³/mol. The molecular formula is C18H21FN2O4. The van der Waals surface area contributed by atoms with Gasteiger partial charge in [-0.25, -0.2) is 9.37 Å². The van der Waals surface area contributed by atoms with Crippen LogP contribution in [-0.2, 0) is 20.7 Å². The summed E-state index contributed by atoms with van der Waals surface area (Å²) in [5.41, 5.74) is 0.338. The number of hydrogen-bond donors (Lipinski definition) is 1. The molecule has 134 valence electrons. The van der Waals surface area contributed by atoms with Gasteiger partial charge < -0.3 is 14.5 Å². The van der Waals surface area contributed by atoms with Crippen molar-refractivity contribution in [2.24, 2.45) is 0 Å². The number of amides is 1. The Morgan fingerprint density at radius 3 is 2.84 bits per heavy atom. The predicted octanol–water partition coefficient (Wildman–Crippen LogP) is 2.87. The molecule has 7 heteroatoms. The van der Waals surface area contributed by atoms with Crippen molar-refractivity contribution in [2.75, 3.05) is 13.2 Å². The molecule has 2 rings (SSSR count). The van der Waals surface area contributed by atoms with E-state index < -0.39 is 0 Å². The van der Waals surface area contributed by atoms with E-state index in [2.05, 4.69) is 10.3 Å². The minimum atomic E-state index is -0.385. The van der Waals surface area contributed by atoms with Gasteiger partial charge in [0.1, 0.15) is 5.82 Å². The Morgan fingerprint density at radius 1 is 1.28 bits per heavy atom. The third-order valence-corrected chi connectivity index (χ3v) is 3.44. The summed E-state index contributed by atoms with van der Waals surface area (Å²) in [7, 11) is 0. The number of nitrogens with one attached hydrogen (secondary N) is 1.